The predicted octanol–water partition coefficient (Wildman–Crippen LogP) is 4.70. The minimum absolute atomic E-state index is 0.0474. The molecule has 33 heavy (non-hydrogen) atoms. The minimum atomic E-state index is -0.422. The maximum Gasteiger partial charge on any atom is 0.258 e. The van der Waals surface area contributed by atoms with Gasteiger partial charge in [-0.1, -0.05) is 53.7 Å². The molecule has 1 saturated heterocycles. The first-order valence-corrected chi connectivity index (χ1v) is 10.7. The minimum Gasteiger partial charge on any atom is -0.334 e. The van der Waals surface area contributed by atoms with Crippen LogP contribution in [0.1, 0.15) is 12.0 Å². The molecule has 7 heteroatoms. The number of carbonyl (C=O) groups is 2. The SMILES string of the molecule is Cc1cccc(N2CC(C(=O)Nc3cccc(-c4nc(-c5ccccc5)no4)c3)CC2=O)c1. The Kier molecular flexibility index (Phi) is 5.44. The highest BCUT2D eigenvalue weighted by atomic mass is 16.5. The van der Waals surface area contributed by atoms with Crippen LogP contribution >= 0.6 is 0 Å². The summed E-state index contributed by atoms with van der Waals surface area (Å²) >= 11 is 0. The van der Waals surface area contributed by atoms with Crippen molar-refractivity contribution in [1.29, 1.82) is 0 Å². The van der Waals surface area contributed by atoms with E-state index in [4.69, 9.17) is 4.52 Å². The maximum atomic E-state index is 12.9. The summed E-state index contributed by atoms with van der Waals surface area (Å²) < 4.78 is 5.43. The van der Waals surface area contributed by atoms with Gasteiger partial charge in [-0.25, -0.2) is 0 Å². The van der Waals surface area contributed by atoms with Crippen LogP contribution in [-0.4, -0.2) is 28.5 Å². The molecule has 1 atom stereocenters. The molecule has 2 heterocycles. The van der Waals surface area contributed by atoms with Gasteiger partial charge in [-0.05, 0) is 42.8 Å². The monoisotopic (exact) mass is 438 g/mol. The number of benzene rings is 3. The van der Waals surface area contributed by atoms with Crippen molar-refractivity contribution in [3.8, 4) is 22.8 Å². The molecule has 0 spiro atoms. The van der Waals surface area contributed by atoms with Gasteiger partial charge in [0.2, 0.25) is 17.6 Å². The van der Waals surface area contributed by atoms with Crippen LogP contribution in [0, 0.1) is 12.8 Å². The van der Waals surface area contributed by atoms with Gasteiger partial charge in [0.25, 0.3) is 5.89 Å². The van der Waals surface area contributed by atoms with Gasteiger partial charge in [-0.15, -0.1) is 0 Å². The molecule has 0 radical (unpaired) electrons. The molecule has 1 aromatic heterocycles. The second kappa shape index (κ2) is 8.70. The zero-order valence-corrected chi connectivity index (χ0v) is 18.1. The molecular formula is C26H22N4O3. The lowest BCUT2D eigenvalue weighted by Crippen LogP contribution is -2.28. The van der Waals surface area contributed by atoms with Gasteiger partial charge in [0, 0.05) is 35.5 Å². The Bertz CT molecular complexity index is 1320. The lowest BCUT2D eigenvalue weighted by atomic mass is 10.1. The number of aromatic nitrogens is 2. The lowest BCUT2D eigenvalue weighted by Gasteiger charge is -2.17. The van der Waals surface area contributed by atoms with Gasteiger partial charge in [0.15, 0.2) is 0 Å². The van der Waals surface area contributed by atoms with Crippen molar-refractivity contribution in [2.24, 2.45) is 5.92 Å². The van der Waals surface area contributed by atoms with Gasteiger partial charge >= 0.3 is 0 Å². The van der Waals surface area contributed by atoms with E-state index in [1.807, 2.05) is 73.7 Å². The van der Waals surface area contributed by atoms with E-state index in [1.165, 1.54) is 0 Å². The molecule has 1 aliphatic heterocycles. The van der Waals surface area contributed by atoms with Crippen LogP contribution in [0.5, 0.6) is 0 Å². The van der Waals surface area contributed by atoms with Gasteiger partial charge < -0.3 is 14.7 Å². The molecule has 1 aliphatic rings. The van der Waals surface area contributed by atoms with Crippen molar-refractivity contribution in [3.63, 3.8) is 0 Å². The van der Waals surface area contributed by atoms with Crippen LogP contribution in [0.25, 0.3) is 22.8 Å². The Hall–Kier alpha value is -4.26. The molecular weight excluding hydrogens is 416 g/mol. The molecule has 1 N–H and O–H groups in total. The zero-order valence-electron chi connectivity index (χ0n) is 18.1. The highest BCUT2D eigenvalue weighted by Gasteiger charge is 2.35. The standard InChI is InChI=1S/C26H22N4O3/c1-17-7-5-12-22(13-17)30-16-20(15-23(30)31)25(32)27-21-11-6-10-19(14-21)26-28-24(29-33-26)18-8-3-2-4-9-18/h2-14,20H,15-16H2,1H3,(H,27,32). The normalized spacial score (nSPS) is 15.6. The molecule has 7 nitrogen and oxygen atoms in total. The van der Waals surface area contributed by atoms with Crippen LogP contribution < -0.4 is 10.2 Å². The first-order valence-electron chi connectivity index (χ1n) is 10.7. The third kappa shape index (κ3) is 4.39. The molecule has 5 rings (SSSR count). The summed E-state index contributed by atoms with van der Waals surface area (Å²) in [5, 5.41) is 6.98. The topological polar surface area (TPSA) is 88.3 Å². The van der Waals surface area contributed by atoms with E-state index >= 15 is 0 Å². The number of carbonyl (C=O) groups excluding carboxylic acids is 2. The number of anilines is 2. The summed E-state index contributed by atoms with van der Waals surface area (Å²) in [5.74, 6) is 0.210. The maximum absolute atomic E-state index is 12.9. The molecule has 4 aromatic rings. The fourth-order valence-corrected chi connectivity index (χ4v) is 3.95. The van der Waals surface area contributed by atoms with Gasteiger partial charge in [0.05, 0.1) is 5.92 Å². The quantitative estimate of drug-likeness (QED) is 0.488. The summed E-state index contributed by atoms with van der Waals surface area (Å²) in [5.41, 5.74) is 4.06. The van der Waals surface area contributed by atoms with E-state index in [-0.39, 0.29) is 18.2 Å². The van der Waals surface area contributed by atoms with Gasteiger partial charge in [-0.2, -0.15) is 4.98 Å². The fourth-order valence-electron chi connectivity index (χ4n) is 3.95. The zero-order chi connectivity index (χ0) is 22.8. The first-order chi connectivity index (χ1) is 16.1. The average molecular weight is 438 g/mol. The smallest absolute Gasteiger partial charge is 0.258 e. The molecule has 0 aliphatic carbocycles. The number of nitrogens with one attached hydrogen (secondary N) is 1. The van der Waals surface area contributed by atoms with Crippen LogP contribution in [0.3, 0.4) is 0 Å². The van der Waals surface area contributed by atoms with E-state index in [0.717, 1.165) is 16.8 Å². The number of hydrogen-bond acceptors (Lipinski definition) is 5. The molecule has 1 fully saturated rings. The highest BCUT2D eigenvalue weighted by molar-refractivity contribution is 6.03. The molecule has 2 amide bonds. The van der Waals surface area contributed by atoms with E-state index in [0.29, 0.717) is 29.5 Å². The second-order valence-electron chi connectivity index (χ2n) is 8.10. The Balaban J connectivity index is 1.29. The molecule has 164 valence electrons. The highest BCUT2D eigenvalue weighted by Crippen LogP contribution is 2.28. The van der Waals surface area contributed by atoms with E-state index in [9.17, 15) is 9.59 Å². The van der Waals surface area contributed by atoms with Crippen molar-refractivity contribution >= 4 is 23.2 Å². The molecule has 1 unspecified atom stereocenters. The molecule has 3 aromatic carbocycles. The van der Waals surface area contributed by atoms with Crippen LogP contribution in [0.4, 0.5) is 11.4 Å². The Morgan fingerprint density at radius 1 is 1.00 bits per heavy atom. The van der Waals surface area contributed by atoms with Crippen LogP contribution in [0.2, 0.25) is 0 Å². The van der Waals surface area contributed by atoms with E-state index < -0.39 is 5.92 Å². The third-order valence-corrected chi connectivity index (χ3v) is 5.64. The van der Waals surface area contributed by atoms with Crippen molar-refractivity contribution in [2.75, 3.05) is 16.8 Å². The summed E-state index contributed by atoms with van der Waals surface area (Å²) in [6.07, 6.45) is 0.184. The van der Waals surface area contributed by atoms with Crippen LogP contribution in [-0.2, 0) is 9.59 Å². The van der Waals surface area contributed by atoms with Gasteiger partial charge in [0.1, 0.15) is 0 Å². The predicted molar refractivity (Wildman–Crippen MR) is 125 cm³/mol. The Morgan fingerprint density at radius 2 is 1.79 bits per heavy atom. The first kappa shape index (κ1) is 20.6. The van der Waals surface area contributed by atoms with Crippen molar-refractivity contribution in [1.82, 2.24) is 10.1 Å². The summed E-state index contributed by atoms with van der Waals surface area (Å²) in [7, 11) is 0. The number of hydrogen-bond donors (Lipinski definition) is 1. The number of rotatable bonds is 5. The van der Waals surface area contributed by atoms with E-state index in [2.05, 4.69) is 15.5 Å². The average Bonchev–Trinajstić information content (AvgIpc) is 3.47. The molecule has 0 saturated carbocycles. The van der Waals surface area contributed by atoms with Crippen LogP contribution in [0.15, 0.2) is 83.4 Å². The fraction of sp³-hybridized carbons (Fsp3) is 0.154. The lowest BCUT2D eigenvalue weighted by molar-refractivity contribution is -0.122. The summed E-state index contributed by atoms with van der Waals surface area (Å²) in [6, 6.07) is 24.6. The van der Waals surface area contributed by atoms with Gasteiger partial charge in [-0.3, -0.25) is 9.59 Å². The Labute approximate surface area is 191 Å². The largest absolute Gasteiger partial charge is 0.334 e. The van der Waals surface area contributed by atoms with Crippen molar-refractivity contribution < 1.29 is 14.1 Å². The number of amides is 2. The Morgan fingerprint density at radius 3 is 2.61 bits per heavy atom. The third-order valence-electron chi connectivity index (χ3n) is 5.64. The molecule has 0 bridgehead atoms. The van der Waals surface area contributed by atoms with Crippen molar-refractivity contribution in [2.45, 2.75) is 13.3 Å². The second-order valence-corrected chi connectivity index (χ2v) is 8.10. The summed E-state index contributed by atoms with van der Waals surface area (Å²) in [4.78, 5) is 31.6. The van der Waals surface area contributed by atoms with E-state index in [1.54, 1.807) is 17.0 Å². The summed E-state index contributed by atoms with van der Waals surface area (Å²) in [6.45, 7) is 2.34. The number of nitrogens with zero attached hydrogens (tertiary/aromatic N) is 3. The number of aryl methyl sites for hydroxylation is 1. The van der Waals surface area contributed by atoms with Crippen molar-refractivity contribution in [3.05, 3.63) is 84.4 Å².